The molecule has 3 aromatic carbocycles. The Morgan fingerprint density at radius 2 is 1.92 bits per heavy atom. The molecule has 3 heterocycles. The van der Waals surface area contributed by atoms with Crippen LogP contribution in [0.4, 0.5) is 11.5 Å². The van der Waals surface area contributed by atoms with Crippen molar-refractivity contribution in [3.8, 4) is 11.8 Å². The van der Waals surface area contributed by atoms with Crippen LogP contribution in [0.5, 0.6) is 5.75 Å². The second-order valence-electron chi connectivity index (χ2n) is 9.57. The van der Waals surface area contributed by atoms with Gasteiger partial charge in [0.1, 0.15) is 24.0 Å². The molecule has 0 bridgehead atoms. The van der Waals surface area contributed by atoms with Gasteiger partial charge < -0.3 is 19.5 Å². The molecule has 0 saturated carbocycles. The quantitative estimate of drug-likeness (QED) is 0.326. The Morgan fingerprint density at radius 1 is 1.05 bits per heavy atom. The molecule has 0 amide bonds. The number of piperidine rings is 1. The lowest BCUT2D eigenvalue weighted by Gasteiger charge is -2.30. The summed E-state index contributed by atoms with van der Waals surface area (Å²) in [7, 11) is 2.15. The fraction of sp³-hybridized carbons (Fsp3) is 0.233. The van der Waals surface area contributed by atoms with E-state index in [-0.39, 0.29) is 6.10 Å². The van der Waals surface area contributed by atoms with Gasteiger partial charge in [-0.2, -0.15) is 5.26 Å². The van der Waals surface area contributed by atoms with Crippen LogP contribution in [0.2, 0.25) is 0 Å². The molecule has 0 spiro atoms. The number of hydrogen-bond donors (Lipinski definition) is 1. The summed E-state index contributed by atoms with van der Waals surface area (Å²) in [4.78, 5) is 17.2. The first-order valence-corrected chi connectivity index (χ1v) is 12.6. The highest BCUT2D eigenvalue weighted by molar-refractivity contribution is 5.97. The van der Waals surface area contributed by atoms with Crippen LogP contribution in [0.3, 0.4) is 0 Å². The third-order valence-corrected chi connectivity index (χ3v) is 7.13. The molecule has 7 heteroatoms. The average Bonchev–Trinajstić information content (AvgIpc) is 3.41. The summed E-state index contributed by atoms with van der Waals surface area (Å²) >= 11 is 0. The minimum atomic E-state index is 0.152. The molecular formula is C30H28N6O. The lowest BCUT2D eigenvalue weighted by Crippen LogP contribution is -2.35. The average molecular weight is 489 g/mol. The van der Waals surface area contributed by atoms with Gasteiger partial charge in [0.15, 0.2) is 0 Å². The highest BCUT2D eigenvalue weighted by Crippen LogP contribution is 2.38. The Hall–Kier alpha value is -4.41. The standard InChI is InChI=1S/C30H28N6O/c1-35-15-12-25(13-16-35)37-28-8-4-7-27-29(28)30(34-20-33-27)36(19-23-6-3-2-5-22(23)18-31)24-9-10-26-21(17-24)11-14-32-26/h2-11,14,17,20,25,32H,12-13,15-16,19H2,1H3. The molecule has 1 aliphatic heterocycles. The van der Waals surface area contributed by atoms with Crippen LogP contribution in [-0.2, 0) is 6.54 Å². The molecule has 184 valence electrons. The first-order chi connectivity index (χ1) is 18.2. The molecular weight excluding hydrogens is 460 g/mol. The van der Waals surface area contributed by atoms with Gasteiger partial charge in [-0.05, 0) is 67.9 Å². The molecule has 6 rings (SSSR count). The van der Waals surface area contributed by atoms with Crippen LogP contribution < -0.4 is 9.64 Å². The summed E-state index contributed by atoms with van der Waals surface area (Å²) in [6, 6.07) is 24.4. The Balaban J connectivity index is 1.49. The number of hydrogen-bond acceptors (Lipinski definition) is 6. The van der Waals surface area contributed by atoms with Crippen LogP contribution in [0.1, 0.15) is 24.0 Å². The minimum Gasteiger partial charge on any atom is -0.489 e. The Kier molecular flexibility index (Phi) is 6.17. The zero-order valence-corrected chi connectivity index (χ0v) is 20.8. The van der Waals surface area contributed by atoms with E-state index in [1.807, 2.05) is 48.7 Å². The Morgan fingerprint density at radius 3 is 2.78 bits per heavy atom. The number of aromatic amines is 1. The smallest absolute Gasteiger partial charge is 0.148 e. The van der Waals surface area contributed by atoms with E-state index in [1.54, 1.807) is 6.33 Å². The van der Waals surface area contributed by atoms with E-state index < -0.39 is 0 Å². The predicted molar refractivity (Wildman–Crippen MR) is 146 cm³/mol. The molecule has 1 N–H and O–H groups in total. The normalized spacial score (nSPS) is 14.6. The van der Waals surface area contributed by atoms with Crippen molar-refractivity contribution in [3.63, 3.8) is 0 Å². The maximum atomic E-state index is 9.78. The van der Waals surface area contributed by atoms with E-state index in [2.05, 4.69) is 57.2 Å². The van der Waals surface area contributed by atoms with Crippen molar-refractivity contribution in [1.82, 2.24) is 19.9 Å². The van der Waals surface area contributed by atoms with Crippen molar-refractivity contribution in [2.75, 3.05) is 25.0 Å². The van der Waals surface area contributed by atoms with E-state index in [9.17, 15) is 5.26 Å². The van der Waals surface area contributed by atoms with Gasteiger partial charge >= 0.3 is 0 Å². The molecule has 5 aromatic rings. The number of aromatic nitrogens is 3. The van der Waals surface area contributed by atoms with Gasteiger partial charge in [0.05, 0.1) is 29.1 Å². The Bertz CT molecular complexity index is 1590. The van der Waals surface area contributed by atoms with Gasteiger partial charge in [-0.25, -0.2) is 9.97 Å². The summed E-state index contributed by atoms with van der Waals surface area (Å²) < 4.78 is 6.61. The van der Waals surface area contributed by atoms with Crippen molar-refractivity contribution in [2.45, 2.75) is 25.5 Å². The van der Waals surface area contributed by atoms with Crippen molar-refractivity contribution in [3.05, 3.63) is 90.4 Å². The topological polar surface area (TPSA) is 81.1 Å². The zero-order chi connectivity index (χ0) is 25.2. The summed E-state index contributed by atoms with van der Waals surface area (Å²) in [5, 5.41) is 11.8. The maximum Gasteiger partial charge on any atom is 0.148 e. The lowest BCUT2D eigenvalue weighted by atomic mass is 10.1. The SMILES string of the molecule is CN1CCC(Oc2cccc3ncnc(N(Cc4ccccc4C#N)c4ccc5[nH]ccc5c4)c23)CC1. The fourth-order valence-corrected chi connectivity index (χ4v) is 5.08. The predicted octanol–water partition coefficient (Wildman–Crippen LogP) is 5.79. The zero-order valence-electron chi connectivity index (χ0n) is 20.8. The monoisotopic (exact) mass is 488 g/mol. The molecule has 1 fully saturated rings. The number of H-pyrrole nitrogens is 1. The van der Waals surface area contributed by atoms with Gasteiger partial charge in [0.25, 0.3) is 0 Å². The van der Waals surface area contributed by atoms with E-state index in [4.69, 9.17) is 9.72 Å². The lowest BCUT2D eigenvalue weighted by molar-refractivity contribution is 0.116. The number of benzene rings is 3. The highest BCUT2D eigenvalue weighted by Gasteiger charge is 2.23. The van der Waals surface area contributed by atoms with E-state index >= 15 is 0 Å². The van der Waals surface area contributed by atoms with Crippen molar-refractivity contribution < 1.29 is 4.74 Å². The van der Waals surface area contributed by atoms with Gasteiger partial charge in [-0.15, -0.1) is 0 Å². The van der Waals surface area contributed by atoms with Crippen molar-refractivity contribution in [2.24, 2.45) is 0 Å². The molecule has 1 saturated heterocycles. The Labute approximate surface area is 215 Å². The number of nitriles is 1. The van der Waals surface area contributed by atoms with E-state index in [0.29, 0.717) is 12.1 Å². The molecule has 0 radical (unpaired) electrons. The molecule has 2 aromatic heterocycles. The van der Waals surface area contributed by atoms with E-state index in [0.717, 1.165) is 70.6 Å². The molecule has 37 heavy (non-hydrogen) atoms. The van der Waals surface area contributed by atoms with Crippen molar-refractivity contribution in [1.29, 1.82) is 5.26 Å². The second-order valence-corrected chi connectivity index (χ2v) is 9.57. The van der Waals surface area contributed by atoms with Gasteiger partial charge in [-0.3, -0.25) is 0 Å². The van der Waals surface area contributed by atoms with Crippen LogP contribution in [0.25, 0.3) is 21.8 Å². The first-order valence-electron chi connectivity index (χ1n) is 12.6. The van der Waals surface area contributed by atoms with Gasteiger partial charge in [0.2, 0.25) is 0 Å². The number of ether oxygens (including phenoxy) is 1. The van der Waals surface area contributed by atoms with E-state index in [1.165, 1.54) is 0 Å². The molecule has 0 aliphatic carbocycles. The minimum absolute atomic E-state index is 0.152. The number of anilines is 2. The largest absolute Gasteiger partial charge is 0.489 e. The van der Waals surface area contributed by atoms with Crippen LogP contribution >= 0.6 is 0 Å². The van der Waals surface area contributed by atoms with Gasteiger partial charge in [-0.1, -0.05) is 24.3 Å². The number of fused-ring (bicyclic) bond motifs is 2. The molecule has 1 aliphatic rings. The first kappa shape index (κ1) is 23.0. The number of nitrogens with one attached hydrogen (secondary N) is 1. The van der Waals surface area contributed by atoms with Crippen LogP contribution in [0, 0.1) is 11.3 Å². The van der Waals surface area contributed by atoms with Crippen LogP contribution in [0.15, 0.2) is 79.3 Å². The number of likely N-dealkylation sites (tertiary alicyclic amines) is 1. The summed E-state index contributed by atoms with van der Waals surface area (Å²) in [5.74, 6) is 1.56. The fourth-order valence-electron chi connectivity index (χ4n) is 5.08. The third-order valence-electron chi connectivity index (χ3n) is 7.13. The highest BCUT2D eigenvalue weighted by atomic mass is 16.5. The number of rotatable bonds is 6. The van der Waals surface area contributed by atoms with Crippen molar-refractivity contribution >= 4 is 33.3 Å². The second kappa shape index (κ2) is 9.92. The molecule has 7 nitrogen and oxygen atoms in total. The summed E-state index contributed by atoms with van der Waals surface area (Å²) in [6.45, 7) is 2.52. The molecule has 0 unspecified atom stereocenters. The maximum absolute atomic E-state index is 9.78. The van der Waals surface area contributed by atoms with Crippen LogP contribution in [-0.4, -0.2) is 46.1 Å². The summed E-state index contributed by atoms with van der Waals surface area (Å²) in [5.41, 5.74) is 4.46. The molecule has 0 atom stereocenters. The summed E-state index contributed by atoms with van der Waals surface area (Å²) in [6.07, 6.45) is 5.67. The third kappa shape index (κ3) is 4.59. The van der Waals surface area contributed by atoms with Gasteiger partial charge in [0, 0.05) is 35.9 Å². The number of nitrogens with zero attached hydrogens (tertiary/aromatic N) is 5.